The lowest BCUT2D eigenvalue weighted by Gasteiger charge is -2.34. The van der Waals surface area contributed by atoms with Crippen molar-refractivity contribution in [3.05, 3.63) is 0 Å². The maximum absolute atomic E-state index is 13.7. The molecule has 2 fully saturated rings. The molecule has 7 nitrogen and oxygen atoms in total. The summed E-state index contributed by atoms with van der Waals surface area (Å²) in [6, 6.07) is -1.60. The fourth-order valence-electron chi connectivity index (χ4n) is 6.36. The molecule has 8 heteroatoms. The fourth-order valence-corrected chi connectivity index (χ4v) is 7.52. The Labute approximate surface area is 252 Å². The Bertz CT molecular complexity index is 868. The second-order valence-corrected chi connectivity index (χ2v) is 16.3. The Morgan fingerprint density at radius 1 is 0.902 bits per heavy atom. The van der Waals surface area contributed by atoms with Crippen LogP contribution in [0.2, 0.25) is 0 Å². The van der Waals surface area contributed by atoms with Crippen LogP contribution in [-0.2, 0) is 20.4 Å². The third-order valence-corrected chi connectivity index (χ3v) is 10.9. The zero-order valence-corrected chi connectivity index (χ0v) is 27.1. The maximum Gasteiger partial charge on any atom is 0.243 e. The van der Waals surface area contributed by atoms with Gasteiger partial charge in [0.1, 0.15) is 12.1 Å². The summed E-state index contributed by atoms with van der Waals surface area (Å²) in [5.74, 6) is 2.55. The first-order valence-corrected chi connectivity index (χ1v) is 17.4. The molecule has 0 bridgehead atoms. The molecule has 0 spiro atoms. The molecule has 0 saturated heterocycles. The van der Waals surface area contributed by atoms with Crippen LogP contribution in [0, 0.1) is 36.0 Å². The summed E-state index contributed by atoms with van der Waals surface area (Å²) in [6.07, 6.45) is 16.4. The molecule has 0 aromatic rings. The van der Waals surface area contributed by atoms with Crippen LogP contribution in [-0.4, -0.2) is 61.0 Å². The van der Waals surface area contributed by atoms with E-state index in [1.165, 1.54) is 12.8 Å². The highest BCUT2D eigenvalue weighted by atomic mass is 32.2. The lowest BCUT2D eigenvalue weighted by atomic mass is 9.82. The molecule has 236 valence electrons. The van der Waals surface area contributed by atoms with Crippen molar-refractivity contribution in [2.24, 2.45) is 23.7 Å². The van der Waals surface area contributed by atoms with Crippen LogP contribution in [0.3, 0.4) is 0 Å². The van der Waals surface area contributed by atoms with Crippen LogP contribution in [0.5, 0.6) is 0 Å². The monoisotopic (exact) mass is 594 g/mol. The number of terminal acetylenes is 1. The molecule has 0 aromatic carbocycles. The molecule has 4 N–H and O–H groups in total. The maximum atomic E-state index is 13.7. The van der Waals surface area contributed by atoms with Crippen molar-refractivity contribution in [1.82, 2.24) is 10.6 Å². The van der Waals surface area contributed by atoms with Crippen molar-refractivity contribution in [3.8, 4) is 12.3 Å². The molecular weight excluding hydrogens is 536 g/mol. The number of rotatable bonds is 15. The van der Waals surface area contributed by atoms with Crippen molar-refractivity contribution in [1.29, 1.82) is 0 Å². The average molecular weight is 595 g/mol. The van der Waals surface area contributed by atoms with E-state index in [0.29, 0.717) is 31.1 Å². The molecule has 2 aliphatic carbocycles. The zero-order valence-electron chi connectivity index (χ0n) is 26.3. The average Bonchev–Trinajstić information content (AvgIpc) is 2.91. The minimum absolute atomic E-state index is 0.0108. The molecule has 0 aliphatic heterocycles. The van der Waals surface area contributed by atoms with Gasteiger partial charge in [0.15, 0.2) is 0 Å². The van der Waals surface area contributed by atoms with Crippen LogP contribution in [0.4, 0.5) is 0 Å². The first-order valence-electron chi connectivity index (χ1n) is 16.1. The number of carbonyl (C=O) groups is 2. The van der Waals surface area contributed by atoms with E-state index in [0.717, 1.165) is 51.4 Å². The summed E-state index contributed by atoms with van der Waals surface area (Å²) < 4.78 is 12.6. The van der Waals surface area contributed by atoms with Crippen molar-refractivity contribution < 1.29 is 24.0 Å². The van der Waals surface area contributed by atoms with Gasteiger partial charge < -0.3 is 20.8 Å². The minimum Gasteiger partial charge on any atom is -0.390 e. The van der Waals surface area contributed by atoms with Crippen LogP contribution in [0.25, 0.3) is 0 Å². The predicted molar refractivity (Wildman–Crippen MR) is 167 cm³/mol. The Morgan fingerprint density at radius 2 is 1.44 bits per heavy atom. The molecule has 2 amide bonds. The molecular formula is C33H58N2O5S. The molecule has 2 rings (SSSR count). The quantitative estimate of drug-likeness (QED) is 0.202. The molecule has 0 radical (unpaired) electrons. The molecule has 2 aliphatic rings. The van der Waals surface area contributed by atoms with Crippen LogP contribution < -0.4 is 10.6 Å². The van der Waals surface area contributed by atoms with Gasteiger partial charge in [-0.2, -0.15) is 0 Å². The molecule has 41 heavy (non-hydrogen) atoms. The SMILES string of the molecule is C#CC[C@H](NC(=O)[C@H](CC1CCCCC1)CS(=O)C(C)(C)C)C(=O)N[C@@H](CC1CCCCC1)[C@@H](O)[C@@H](O)CC(C)C. The van der Waals surface area contributed by atoms with E-state index in [1.807, 2.05) is 34.6 Å². The van der Waals surface area contributed by atoms with E-state index in [1.54, 1.807) is 0 Å². The van der Waals surface area contributed by atoms with Crippen molar-refractivity contribution >= 4 is 22.6 Å². The number of aliphatic hydroxyl groups is 2. The normalized spacial score (nSPS) is 21.7. The van der Waals surface area contributed by atoms with E-state index < -0.39 is 51.7 Å². The van der Waals surface area contributed by atoms with Crippen molar-refractivity contribution in [3.63, 3.8) is 0 Å². The van der Waals surface area contributed by atoms with Gasteiger partial charge >= 0.3 is 0 Å². The van der Waals surface area contributed by atoms with Crippen molar-refractivity contribution in [2.45, 2.75) is 154 Å². The van der Waals surface area contributed by atoms with Crippen LogP contribution in [0.1, 0.15) is 125 Å². The van der Waals surface area contributed by atoms with E-state index in [2.05, 4.69) is 16.6 Å². The third-order valence-electron chi connectivity index (χ3n) is 8.86. The Balaban J connectivity index is 2.18. The van der Waals surface area contributed by atoms with Crippen LogP contribution >= 0.6 is 0 Å². The van der Waals surface area contributed by atoms with Crippen molar-refractivity contribution in [2.75, 3.05) is 5.75 Å². The number of carbonyl (C=O) groups excluding carboxylic acids is 2. The summed E-state index contributed by atoms with van der Waals surface area (Å²) >= 11 is 0. The summed E-state index contributed by atoms with van der Waals surface area (Å²) in [5.41, 5.74) is 0. The summed E-state index contributed by atoms with van der Waals surface area (Å²) in [4.78, 5) is 27.2. The Morgan fingerprint density at radius 3 is 1.93 bits per heavy atom. The lowest BCUT2D eigenvalue weighted by molar-refractivity contribution is -0.132. The zero-order chi connectivity index (χ0) is 30.6. The summed E-state index contributed by atoms with van der Waals surface area (Å²) in [5, 5.41) is 27.7. The number of amides is 2. The van der Waals surface area contributed by atoms with E-state index in [-0.39, 0.29) is 24.0 Å². The van der Waals surface area contributed by atoms with Gasteiger partial charge in [-0.1, -0.05) is 78.1 Å². The first-order chi connectivity index (χ1) is 19.3. The topological polar surface area (TPSA) is 116 Å². The van der Waals surface area contributed by atoms with Gasteiger partial charge in [-0.3, -0.25) is 13.8 Å². The second-order valence-electron chi connectivity index (χ2n) is 14.1. The second kappa shape index (κ2) is 17.6. The lowest BCUT2D eigenvalue weighted by Crippen LogP contribution is -2.56. The molecule has 1 unspecified atom stereocenters. The summed E-state index contributed by atoms with van der Waals surface area (Å²) in [6.45, 7) is 9.72. The fraction of sp³-hybridized carbons (Fsp3) is 0.879. The first kappa shape index (κ1) is 35.8. The highest BCUT2D eigenvalue weighted by Gasteiger charge is 2.35. The highest BCUT2D eigenvalue weighted by Crippen LogP contribution is 2.31. The Hall–Kier alpha value is -1.43. The van der Waals surface area contributed by atoms with Gasteiger partial charge in [-0.25, -0.2) is 0 Å². The van der Waals surface area contributed by atoms with Crippen LogP contribution in [0.15, 0.2) is 0 Å². The number of hydrogen-bond acceptors (Lipinski definition) is 5. The molecule has 2 saturated carbocycles. The standard InChI is InChI=1S/C33H58N2O5S/c1-7-14-27(34-31(38)26(22-41(40)33(4,5)6)20-24-15-10-8-11-16-24)32(39)35-28(21-25-17-12-9-13-18-25)30(37)29(36)19-23(2)3/h1,23-30,36-37H,8-22H2,2-6H3,(H,34,38)(H,35,39)/t26-,27+,28+,29+,30-,41?/m1/s1. The number of hydrogen-bond donors (Lipinski definition) is 4. The minimum atomic E-state index is -1.21. The molecule has 0 heterocycles. The van der Waals surface area contributed by atoms with E-state index >= 15 is 0 Å². The largest absolute Gasteiger partial charge is 0.390 e. The van der Waals surface area contributed by atoms with Gasteiger partial charge in [0, 0.05) is 33.6 Å². The van der Waals surface area contributed by atoms with E-state index in [4.69, 9.17) is 6.42 Å². The van der Waals surface area contributed by atoms with Gasteiger partial charge in [0.25, 0.3) is 0 Å². The molecule has 0 aromatic heterocycles. The van der Waals surface area contributed by atoms with Gasteiger partial charge in [-0.15, -0.1) is 12.3 Å². The van der Waals surface area contributed by atoms with E-state index in [9.17, 15) is 24.0 Å². The highest BCUT2D eigenvalue weighted by molar-refractivity contribution is 7.86. The number of nitrogens with one attached hydrogen (secondary N) is 2. The molecule has 6 atom stereocenters. The smallest absolute Gasteiger partial charge is 0.243 e. The Kier molecular flexibility index (Phi) is 15.4. The third kappa shape index (κ3) is 12.8. The van der Waals surface area contributed by atoms with Gasteiger partial charge in [0.2, 0.25) is 11.8 Å². The predicted octanol–water partition coefficient (Wildman–Crippen LogP) is 4.85. The van der Waals surface area contributed by atoms with Gasteiger partial charge in [0.05, 0.1) is 12.1 Å². The number of aliphatic hydroxyl groups excluding tert-OH is 2. The van der Waals surface area contributed by atoms with Gasteiger partial charge in [-0.05, 0) is 57.8 Å². The summed E-state index contributed by atoms with van der Waals surface area (Å²) in [7, 11) is -1.21.